The maximum absolute atomic E-state index is 13.5. The number of phenolic OH excluding ortho intramolecular Hbond substituents is 1. The highest BCUT2D eigenvalue weighted by Gasteiger charge is 2.34. The molecule has 2 atom stereocenters. The third kappa shape index (κ3) is 5.42. The molecule has 2 unspecified atom stereocenters. The van der Waals surface area contributed by atoms with E-state index in [1.165, 1.54) is 31.7 Å². The first-order chi connectivity index (χ1) is 16.4. The summed E-state index contributed by atoms with van der Waals surface area (Å²) in [5, 5.41) is 10.7. The largest absolute Gasteiger partial charge is 0.506 e. The van der Waals surface area contributed by atoms with E-state index in [0.29, 0.717) is 48.2 Å². The number of benzene rings is 1. The minimum atomic E-state index is -0.548. The van der Waals surface area contributed by atoms with Gasteiger partial charge in [-0.2, -0.15) is 0 Å². The number of hydrogen-bond acceptors (Lipinski definition) is 6. The Labute approximate surface area is 205 Å². The standard InChI is InChI=1S/C26H35ClN2O5/c1-17-19-13-21(27)23(30)15-24(19)34-26(32)20(17)14-25(31)29(11-6-12-33-2)16-18-7-5-10-28-9-4-3-8-22(18)28/h13,15,18,22,30H,3-12,14,16H2,1-2H3. The number of piperidine rings is 2. The lowest BCUT2D eigenvalue weighted by atomic mass is 9.83. The summed E-state index contributed by atoms with van der Waals surface area (Å²) in [5.41, 5.74) is 0.721. The normalized spacial score (nSPS) is 20.9. The number of halogens is 1. The van der Waals surface area contributed by atoms with E-state index in [4.69, 9.17) is 20.8 Å². The molecule has 0 aliphatic carbocycles. The SMILES string of the molecule is COCCCN(CC1CCCN2CCCCC12)C(=O)Cc1c(C)c2cc(Cl)c(O)cc2oc1=O. The van der Waals surface area contributed by atoms with Gasteiger partial charge in [0.15, 0.2) is 0 Å². The van der Waals surface area contributed by atoms with Gasteiger partial charge in [-0.3, -0.25) is 4.79 Å². The van der Waals surface area contributed by atoms with Crippen molar-refractivity contribution < 1.29 is 19.1 Å². The zero-order valence-electron chi connectivity index (χ0n) is 20.1. The van der Waals surface area contributed by atoms with E-state index >= 15 is 0 Å². The lowest BCUT2D eigenvalue weighted by molar-refractivity contribution is -0.132. The lowest BCUT2D eigenvalue weighted by Crippen LogP contribution is -2.52. The average molecular weight is 491 g/mol. The summed E-state index contributed by atoms with van der Waals surface area (Å²) in [7, 11) is 1.67. The number of carbonyl (C=O) groups excluding carboxylic acids is 1. The summed E-state index contributed by atoms with van der Waals surface area (Å²) in [6.07, 6.45) is 6.76. The molecule has 2 aliphatic heterocycles. The molecule has 1 amide bonds. The van der Waals surface area contributed by atoms with Gasteiger partial charge >= 0.3 is 5.63 Å². The summed E-state index contributed by atoms with van der Waals surface area (Å²) in [6.45, 7) is 6.02. The smallest absolute Gasteiger partial charge is 0.340 e. The van der Waals surface area contributed by atoms with Crippen molar-refractivity contribution in [3.63, 3.8) is 0 Å². The minimum absolute atomic E-state index is 0.0172. The fourth-order valence-electron chi connectivity index (χ4n) is 5.66. The van der Waals surface area contributed by atoms with Gasteiger partial charge in [-0.05, 0) is 69.7 Å². The topological polar surface area (TPSA) is 83.2 Å². The quantitative estimate of drug-likeness (QED) is 0.442. The Morgan fingerprint density at radius 2 is 2.06 bits per heavy atom. The zero-order chi connectivity index (χ0) is 24.2. The van der Waals surface area contributed by atoms with E-state index in [1.807, 2.05) is 4.90 Å². The number of aryl methyl sites for hydroxylation is 1. The number of fused-ring (bicyclic) bond motifs is 2. The average Bonchev–Trinajstić information content (AvgIpc) is 2.83. The van der Waals surface area contributed by atoms with Crippen molar-refractivity contribution in [2.24, 2.45) is 5.92 Å². The molecule has 0 spiro atoms. The molecule has 2 fully saturated rings. The molecule has 3 heterocycles. The molecule has 2 aliphatic rings. The molecule has 186 valence electrons. The van der Waals surface area contributed by atoms with Crippen LogP contribution in [0.5, 0.6) is 5.75 Å². The molecular weight excluding hydrogens is 456 g/mol. The second-order valence-electron chi connectivity index (χ2n) is 9.66. The molecule has 0 radical (unpaired) electrons. The van der Waals surface area contributed by atoms with Gasteiger partial charge in [-0.25, -0.2) is 4.79 Å². The predicted octanol–water partition coefficient (Wildman–Crippen LogP) is 4.13. The van der Waals surface area contributed by atoms with Gasteiger partial charge in [-0.15, -0.1) is 0 Å². The van der Waals surface area contributed by atoms with Crippen LogP contribution in [0.3, 0.4) is 0 Å². The fraction of sp³-hybridized carbons (Fsp3) is 0.615. The molecule has 34 heavy (non-hydrogen) atoms. The first kappa shape index (κ1) is 25.0. The van der Waals surface area contributed by atoms with Gasteiger partial charge in [0, 0.05) is 44.3 Å². The molecule has 1 aromatic heterocycles. The van der Waals surface area contributed by atoms with Crippen molar-refractivity contribution in [1.82, 2.24) is 9.80 Å². The van der Waals surface area contributed by atoms with E-state index < -0.39 is 5.63 Å². The van der Waals surface area contributed by atoms with Crippen LogP contribution in [0.2, 0.25) is 5.02 Å². The number of rotatable bonds is 8. The van der Waals surface area contributed by atoms with E-state index in [-0.39, 0.29) is 28.7 Å². The molecule has 2 aromatic rings. The first-order valence-electron chi connectivity index (χ1n) is 12.3. The van der Waals surface area contributed by atoms with Gasteiger partial charge in [0.25, 0.3) is 0 Å². The van der Waals surface area contributed by atoms with Crippen LogP contribution >= 0.6 is 11.6 Å². The Balaban J connectivity index is 1.56. The molecule has 4 rings (SSSR count). The third-order valence-corrected chi connectivity index (χ3v) is 7.80. The maximum atomic E-state index is 13.5. The molecule has 8 heteroatoms. The van der Waals surface area contributed by atoms with Crippen molar-refractivity contribution in [3.8, 4) is 5.75 Å². The number of phenols is 1. The van der Waals surface area contributed by atoms with Crippen LogP contribution in [-0.2, 0) is 16.0 Å². The summed E-state index contributed by atoms with van der Waals surface area (Å²) < 4.78 is 10.7. The number of ether oxygens (including phenoxy) is 1. The molecular formula is C26H35ClN2O5. The van der Waals surface area contributed by atoms with Crippen LogP contribution < -0.4 is 5.63 Å². The fourth-order valence-corrected chi connectivity index (χ4v) is 5.82. The number of methoxy groups -OCH3 is 1. The number of aromatic hydroxyl groups is 1. The number of carbonyl (C=O) groups is 1. The van der Waals surface area contributed by atoms with Crippen molar-refractivity contribution in [2.75, 3.05) is 39.9 Å². The molecule has 2 saturated heterocycles. The van der Waals surface area contributed by atoms with Crippen molar-refractivity contribution in [1.29, 1.82) is 0 Å². The number of hydrogen-bond donors (Lipinski definition) is 1. The molecule has 0 bridgehead atoms. The Hall–Kier alpha value is -2.09. The van der Waals surface area contributed by atoms with E-state index in [1.54, 1.807) is 20.1 Å². The number of amides is 1. The first-order valence-corrected chi connectivity index (χ1v) is 12.7. The molecule has 7 nitrogen and oxygen atoms in total. The van der Waals surface area contributed by atoms with Crippen LogP contribution in [-0.4, -0.2) is 66.8 Å². The van der Waals surface area contributed by atoms with E-state index in [2.05, 4.69) is 4.90 Å². The van der Waals surface area contributed by atoms with Gasteiger partial charge in [0.1, 0.15) is 11.3 Å². The van der Waals surface area contributed by atoms with Crippen LogP contribution in [0.25, 0.3) is 11.0 Å². The molecule has 1 N–H and O–H groups in total. The third-order valence-electron chi connectivity index (χ3n) is 7.50. The Morgan fingerprint density at radius 3 is 2.85 bits per heavy atom. The highest BCUT2D eigenvalue weighted by Crippen LogP contribution is 2.33. The van der Waals surface area contributed by atoms with Crippen molar-refractivity contribution >= 4 is 28.5 Å². The van der Waals surface area contributed by atoms with Gasteiger partial charge < -0.3 is 24.1 Å². The summed E-state index contributed by atoms with van der Waals surface area (Å²) in [5.74, 6) is 0.245. The van der Waals surface area contributed by atoms with E-state index in [9.17, 15) is 14.7 Å². The van der Waals surface area contributed by atoms with Gasteiger partial charge in [0.05, 0.1) is 17.0 Å². The highest BCUT2D eigenvalue weighted by molar-refractivity contribution is 6.32. The summed E-state index contributed by atoms with van der Waals surface area (Å²) >= 11 is 6.08. The Morgan fingerprint density at radius 1 is 1.26 bits per heavy atom. The van der Waals surface area contributed by atoms with Gasteiger partial charge in [-0.1, -0.05) is 18.0 Å². The highest BCUT2D eigenvalue weighted by atomic mass is 35.5. The maximum Gasteiger partial charge on any atom is 0.340 e. The molecule has 0 saturated carbocycles. The minimum Gasteiger partial charge on any atom is -0.506 e. The number of nitrogens with zero attached hydrogens (tertiary/aromatic N) is 2. The lowest BCUT2D eigenvalue weighted by Gasteiger charge is -2.45. The van der Waals surface area contributed by atoms with Crippen LogP contribution in [0, 0.1) is 12.8 Å². The predicted molar refractivity (Wildman–Crippen MR) is 133 cm³/mol. The van der Waals surface area contributed by atoms with E-state index in [0.717, 1.165) is 25.9 Å². The summed E-state index contributed by atoms with van der Waals surface area (Å²) in [4.78, 5) is 30.8. The Kier molecular flexibility index (Phi) is 8.17. The summed E-state index contributed by atoms with van der Waals surface area (Å²) in [6, 6.07) is 3.46. The zero-order valence-corrected chi connectivity index (χ0v) is 20.9. The van der Waals surface area contributed by atoms with Crippen LogP contribution in [0.4, 0.5) is 0 Å². The molecule has 1 aromatic carbocycles. The van der Waals surface area contributed by atoms with Crippen molar-refractivity contribution in [2.45, 2.75) is 57.9 Å². The van der Waals surface area contributed by atoms with Crippen LogP contribution in [0.1, 0.15) is 49.7 Å². The monoisotopic (exact) mass is 490 g/mol. The second kappa shape index (κ2) is 11.1. The van der Waals surface area contributed by atoms with Crippen LogP contribution in [0.15, 0.2) is 21.3 Å². The van der Waals surface area contributed by atoms with Crippen molar-refractivity contribution in [3.05, 3.63) is 38.7 Å². The Bertz CT molecular complexity index is 1080. The second-order valence-corrected chi connectivity index (χ2v) is 10.1. The van der Waals surface area contributed by atoms with Gasteiger partial charge in [0.2, 0.25) is 5.91 Å².